The Morgan fingerprint density at radius 1 is 1.28 bits per heavy atom. The van der Waals surface area contributed by atoms with E-state index < -0.39 is 0 Å². The SMILES string of the molecule is N#Cc1c(Br)cccc1NCC(C1CC1)C1CC1. The van der Waals surface area contributed by atoms with Crippen LogP contribution in [0.2, 0.25) is 0 Å². The Bertz CT molecular complexity index is 472. The second-order valence-corrected chi connectivity index (χ2v) is 6.35. The Labute approximate surface area is 117 Å². The third-order valence-electron chi connectivity index (χ3n) is 4.11. The molecule has 0 aliphatic heterocycles. The van der Waals surface area contributed by atoms with Crippen molar-refractivity contribution >= 4 is 21.6 Å². The summed E-state index contributed by atoms with van der Waals surface area (Å²) in [6.07, 6.45) is 5.64. The van der Waals surface area contributed by atoms with Crippen molar-refractivity contribution in [1.29, 1.82) is 5.26 Å². The first kappa shape index (κ1) is 12.0. The minimum Gasteiger partial charge on any atom is -0.384 e. The maximum Gasteiger partial charge on any atom is 0.103 e. The average Bonchev–Trinajstić information content (AvgIpc) is 3.24. The number of halogens is 1. The van der Waals surface area contributed by atoms with Crippen LogP contribution in [0.1, 0.15) is 31.2 Å². The molecule has 94 valence electrons. The molecule has 0 saturated heterocycles. The molecular weight excluding hydrogens is 288 g/mol. The van der Waals surface area contributed by atoms with Gasteiger partial charge < -0.3 is 5.32 Å². The molecule has 0 heterocycles. The maximum absolute atomic E-state index is 9.19. The van der Waals surface area contributed by atoms with Crippen LogP contribution in [0, 0.1) is 29.1 Å². The summed E-state index contributed by atoms with van der Waals surface area (Å²) in [7, 11) is 0. The van der Waals surface area contributed by atoms with E-state index in [4.69, 9.17) is 0 Å². The van der Waals surface area contributed by atoms with E-state index in [0.717, 1.165) is 40.0 Å². The summed E-state index contributed by atoms with van der Waals surface area (Å²) in [6, 6.07) is 8.17. The van der Waals surface area contributed by atoms with Gasteiger partial charge in [0.15, 0.2) is 0 Å². The first-order valence-corrected chi connectivity index (χ1v) is 7.51. The van der Waals surface area contributed by atoms with Gasteiger partial charge in [0.1, 0.15) is 6.07 Å². The number of anilines is 1. The zero-order chi connectivity index (χ0) is 12.5. The lowest BCUT2D eigenvalue weighted by Gasteiger charge is -2.18. The Hall–Kier alpha value is -1.01. The van der Waals surface area contributed by atoms with E-state index in [1.54, 1.807) is 0 Å². The summed E-state index contributed by atoms with van der Waals surface area (Å²) >= 11 is 3.43. The first-order valence-electron chi connectivity index (χ1n) is 6.72. The van der Waals surface area contributed by atoms with Gasteiger partial charge in [0.2, 0.25) is 0 Å². The van der Waals surface area contributed by atoms with Gasteiger partial charge in [-0.15, -0.1) is 0 Å². The Morgan fingerprint density at radius 3 is 2.50 bits per heavy atom. The molecule has 2 aliphatic rings. The van der Waals surface area contributed by atoms with Crippen LogP contribution >= 0.6 is 15.9 Å². The van der Waals surface area contributed by atoms with Crippen molar-refractivity contribution in [2.24, 2.45) is 17.8 Å². The van der Waals surface area contributed by atoms with E-state index >= 15 is 0 Å². The topological polar surface area (TPSA) is 35.8 Å². The molecule has 3 rings (SSSR count). The van der Waals surface area contributed by atoms with Gasteiger partial charge in [0.05, 0.1) is 11.3 Å². The second kappa shape index (κ2) is 4.93. The van der Waals surface area contributed by atoms with Crippen LogP contribution in [0.3, 0.4) is 0 Å². The van der Waals surface area contributed by atoms with E-state index in [9.17, 15) is 5.26 Å². The van der Waals surface area contributed by atoms with Gasteiger partial charge in [-0.25, -0.2) is 0 Å². The van der Waals surface area contributed by atoms with Crippen molar-refractivity contribution in [2.45, 2.75) is 25.7 Å². The number of nitriles is 1. The highest BCUT2D eigenvalue weighted by molar-refractivity contribution is 9.10. The number of hydrogen-bond donors (Lipinski definition) is 1. The van der Waals surface area contributed by atoms with E-state index in [1.807, 2.05) is 18.2 Å². The maximum atomic E-state index is 9.19. The largest absolute Gasteiger partial charge is 0.384 e. The van der Waals surface area contributed by atoms with Gasteiger partial charge >= 0.3 is 0 Å². The second-order valence-electron chi connectivity index (χ2n) is 5.49. The summed E-state index contributed by atoms with van der Waals surface area (Å²) < 4.78 is 0.879. The molecule has 0 unspecified atom stereocenters. The number of rotatable bonds is 5. The molecule has 0 atom stereocenters. The summed E-state index contributed by atoms with van der Waals surface area (Å²) in [5.41, 5.74) is 1.70. The predicted octanol–water partition coefficient (Wildman–Crippen LogP) is 4.17. The minimum atomic E-state index is 0.725. The highest BCUT2D eigenvalue weighted by atomic mass is 79.9. The molecule has 2 fully saturated rings. The van der Waals surface area contributed by atoms with E-state index in [1.165, 1.54) is 25.7 Å². The van der Waals surface area contributed by atoms with Crippen molar-refractivity contribution in [3.05, 3.63) is 28.2 Å². The fraction of sp³-hybridized carbons (Fsp3) is 0.533. The van der Waals surface area contributed by atoms with Crippen molar-refractivity contribution in [3.63, 3.8) is 0 Å². The number of benzene rings is 1. The van der Waals surface area contributed by atoms with Gasteiger partial charge in [0.25, 0.3) is 0 Å². The molecule has 0 spiro atoms. The monoisotopic (exact) mass is 304 g/mol. The zero-order valence-corrected chi connectivity index (χ0v) is 11.9. The van der Waals surface area contributed by atoms with Crippen LogP contribution in [0.25, 0.3) is 0 Å². The fourth-order valence-electron chi connectivity index (χ4n) is 2.78. The Morgan fingerprint density at radius 2 is 1.94 bits per heavy atom. The molecule has 0 amide bonds. The minimum absolute atomic E-state index is 0.725. The molecule has 0 aromatic heterocycles. The smallest absolute Gasteiger partial charge is 0.103 e. The van der Waals surface area contributed by atoms with Gasteiger partial charge in [-0.3, -0.25) is 0 Å². The Kier molecular flexibility index (Phi) is 3.30. The number of hydrogen-bond acceptors (Lipinski definition) is 2. The highest BCUT2D eigenvalue weighted by Gasteiger charge is 2.41. The molecule has 0 radical (unpaired) electrons. The molecule has 18 heavy (non-hydrogen) atoms. The van der Waals surface area contributed by atoms with Crippen LogP contribution in [-0.4, -0.2) is 6.54 Å². The predicted molar refractivity (Wildman–Crippen MR) is 76.3 cm³/mol. The average molecular weight is 305 g/mol. The summed E-state index contributed by atoms with van der Waals surface area (Å²) in [5.74, 6) is 2.72. The molecule has 2 aliphatic carbocycles. The van der Waals surface area contributed by atoms with Crippen LogP contribution < -0.4 is 5.32 Å². The van der Waals surface area contributed by atoms with Crippen molar-refractivity contribution in [2.75, 3.05) is 11.9 Å². The zero-order valence-electron chi connectivity index (χ0n) is 10.3. The van der Waals surface area contributed by atoms with Gasteiger partial charge in [-0.1, -0.05) is 6.07 Å². The van der Waals surface area contributed by atoms with E-state index in [0.29, 0.717) is 0 Å². The van der Waals surface area contributed by atoms with Gasteiger partial charge in [-0.2, -0.15) is 5.26 Å². The first-order chi connectivity index (χ1) is 8.79. The number of nitrogens with zero attached hydrogens (tertiary/aromatic N) is 1. The summed E-state index contributed by atoms with van der Waals surface area (Å²) in [5, 5.41) is 12.7. The van der Waals surface area contributed by atoms with Crippen molar-refractivity contribution in [3.8, 4) is 6.07 Å². The molecule has 2 saturated carbocycles. The molecule has 1 N–H and O–H groups in total. The third-order valence-corrected chi connectivity index (χ3v) is 4.77. The summed E-state index contributed by atoms with van der Waals surface area (Å²) in [4.78, 5) is 0. The lowest BCUT2D eigenvalue weighted by atomic mass is 9.97. The van der Waals surface area contributed by atoms with Crippen LogP contribution in [-0.2, 0) is 0 Å². The van der Waals surface area contributed by atoms with Gasteiger partial charge in [-0.05, 0) is 71.5 Å². The fourth-order valence-corrected chi connectivity index (χ4v) is 3.23. The quantitative estimate of drug-likeness (QED) is 0.886. The molecular formula is C15H17BrN2. The Balaban J connectivity index is 1.69. The van der Waals surface area contributed by atoms with Gasteiger partial charge in [0, 0.05) is 11.0 Å². The lowest BCUT2D eigenvalue weighted by molar-refractivity contribution is 0.428. The molecule has 2 nitrogen and oxygen atoms in total. The van der Waals surface area contributed by atoms with Crippen molar-refractivity contribution < 1.29 is 0 Å². The van der Waals surface area contributed by atoms with Crippen LogP contribution in [0.5, 0.6) is 0 Å². The molecule has 1 aromatic carbocycles. The normalized spacial score (nSPS) is 18.7. The molecule has 3 heteroatoms. The van der Waals surface area contributed by atoms with E-state index in [-0.39, 0.29) is 0 Å². The number of nitrogens with one attached hydrogen (secondary N) is 1. The third kappa shape index (κ3) is 2.54. The van der Waals surface area contributed by atoms with E-state index in [2.05, 4.69) is 27.3 Å². The summed E-state index contributed by atoms with van der Waals surface area (Å²) in [6.45, 7) is 1.03. The molecule has 0 bridgehead atoms. The molecule has 1 aromatic rings. The van der Waals surface area contributed by atoms with Crippen LogP contribution in [0.4, 0.5) is 5.69 Å². The lowest BCUT2D eigenvalue weighted by Crippen LogP contribution is -2.18. The highest BCUT2D eigenvalue weighted by Crippen LogP contribution is 2.49. The van der Waals surface area contributed by atoms with Crippen LogP contribution in [0.15, 0.2) is 22.7 Å². The van der Waals surface area contributed by atoms with Crippen molar-refractivity contribution in [1.82, 2.24) is 0 Å². The standard InChI is InChI=1S/C15H17BrN2/c16-14-2-1-3-15(12(14)8-17)18-9-13(10-4-5-10)11-6-7-11/h1-3,10-11,13,18H,4-7,9H2.